The van der Waals surface area contributed by atoms with Gasteiger partial charge in [0.25, 0.3) is 0 Å². The predicted octanol–water partition coefficient (Wildman–Crippen LogP) is -4.99. The van der Waals surface area contributed by atoms with Crippen molar-refractivity contribution in [3.05, 3.63) is 12.2 Å². The Balaban J connectivity index is 0.000000247. The second-order valence-corrected chi connectivity index (χ2v) is 11.0. The summed E-state index contributed by atoms with van der Waals surface area (Å²) in [6.07, 6.45) is 2.24. The Kier molecular flexibility index (Phi) is 17.3. The molecule has 0 aromatic rings. The van der Waals surface area contributed by atoms with Crippen LogP contribution in [0.1, 0.15) is 38.5 Å². The third kappa shape index (κ3) is 12.6. The first-order valence-electron chi connectivity index (χ1n) is 14.6. The van der Waals surface area contributed by atoms with Crippen LogP contribution in [0.3, 0.4) is 0 Å². The Labute approximate surface area is 246 Å². The summed E-state index contributed by atoms with van der Waals surface area (Å²) >= 11 is 0. The van der Waals surface area contributed by atoms with Gasteiger partial charge in [-0.25, -0.2) is 0 Å². The number of aliphatic hydroxyl groups excluding tert-OH is 7. The second-order valence-electron chi connectivity index (χ2n) is 11.0. The van der Waals surface area contributed by atoms with Crippen molar-refractivity contribution in [2.75, 3.05) is 32.8 Å². The van der Waals surface area contributed by atoms with Crippen LogP contribution < -0.4 is 28.3 Å². The number of rotatable bonds is 9. The average Bonchev–Trinajstić information content (AvgIpc) is 3.44. The Hall–Kier alpha value is -0.900. The highest BCUT2D eigenvalue weighted by Crippen LogP contribution is 2.27. The predicted molar refractivity (Wildman–Crippen MR) is 150 cm³/mol. The summed E-state index contributed by atoms with van der Waals surface area (Å²) in [5.41, 5.74) is 21.9. The molecule has 1 saturated carbocycles. The highest BCUT2D eigenvalue weighted by Gasteiger charge is 2.41. The Bertz CT molecular complexity index is 755. The lowest BCUT2D eigenvalue weighted by Gasteiger charge is -2.38. The number of hydrogen-bond donors (Lipinski definition) is 12. The van der Waals surface area contributed by atoms with E-state index < -0.39 is 43.0 Å². The van der Waals surface area contributed by atoms with E-state index in [9.17, 15) is 15.3 Å². The highest BCUT2D eigenvalue weighted by atomic mass is 16.7. The van der Waals surface area contributed by atoms with Crippen LogP contribution in [0.15, 0.2) is 12.2 Å². The van der Waals surface area contributed by atoms with Crippen LogP contribution in [-0.4, -0.2) is 148 Å². The molecule has 42 heavy (non-hydrogen) atoms. The number of nitrogens with two attached hydrogens (primary N) is 4. The molecule has 3 heterocycles. The summed E-state index contributed by atoms with van der Waals surface area (Å²) in [5.74, 6) is 0. The summed E-state index contributed by atoms with van der Waals surface area (Å²) < 4.78 is 21.4. The van der Waals surface area contributed by atoms with Crippen molar-refractivity contribution < 1.29 is 54.7 Å². The molecule has 0 aromatic heterocycles. The zero-order valence-corrected chi connectivity index (χ0v) is 24.0. The van der Waals surface area contributed by atoms with Crippen molar-refractivity contribution in [3.8, 4) is 0 Å². The minimum absolute atomic E-state index is 0.0277. The van der Waals surface area contributed by atoms with E-state index in [1.165, 1.54) is 0 Å². The normalized spacial score (nSPS) is 40.8. The molecule has 0 amide bonds. The summed E-state index contributed by atoms with van der Waals surface area (Å²) in [6, 6.07) is -0.750. The van der Waals surface area contributed by atoms with Crippen LogP contribution in [0.25, 0.3) is 0 Å². The van der Waals surface area contributed by atoms with E-state index in [-0.39, 0.29) is 56.4 Å². The summed E-state index contributed by atoms with van der Waals surface area (Å²) in [6.45, 7) is 0.611. The lowest BCUT2D eigenvalue weighted by atomic mass is 9.89. The minimum atomic E-state index is -1.27. The summed E-state index contributed by atoms with van der Waals surface area (Å²) in [4.78, 5) is 0. The van der Waals surface area contributed by atoms with Crippen LogP contribution in [-0.2, 0) is 18.9 Å². The van der Waals surface area contributed by atoms with Crippen LogP contribution in [0.5, 0.6) is 0 Å². The van der Waals surface area contributed by atoms with E-state index in [0.29, 0.717) is 19.5 Å². The Morgan fingerprint density at radius 1 is 0.929 bits per heavy atom. The van der Waals surface area contributed by atoms with E-state index in [0.717, 1.165) is 32.1 Å². The van der Waals surface area contributed by atoms with Gasteiger partial charge in [0.1, 0.15) is 18.3 Å². The molecule has 248 valence electrons. The molecule has 3 fully saturated rings. The average molecular weight is 612 g/mol. The Morgan fingerprint density at radius 3 is 2.24 bits per heavy atom. The summed E-state index contributed by atoms with van der Waals surface area (Å²) in [5, 5.41) is 67.0. The van der Waals surface area contributed by atoms with E-state index >= 15 is 0 Å². The molecule has 1 aliphatic carbocycles. The van der Waals surface area contributed by atoms with Gasteiger partial charge in [0.2, 0.25) is 0 Å². The standard InChI is InChI=1S/C14H28N2O5.C6H14N2O4.C6H11NO2/c15-9-3-10(16-6-11(19)7-17)5-13(4-9)21-14-2-1-12(8-18)20-14;7-1-2-4(9)5(10)3(8)6(11)12-2;7-4-5-2-1-3-6(8)9-5/h9-14,16-19H,1-8,15H2;2-6,9-11H,1,7-8H2;1-2,5-6,8H,3-4,7H2/t;2-,3+,4+,5?,6-;5?,6-/m.00/s1. The molecule has 4 aliphatic rings. The van der Waals surface area contributed by atoms with E-state index in [4.69, 9.17) is 62.3 Å². The zero-order chi connectivity index (χ0) is 31.2. The third-order valence-corrected chi connectivity index (χ3v) is 7.42. The fourth-order valence-corrected chi connectivity index (χ4v) is 5.02. The van der Waals surface area contributed by atoms with Crippen LogP contribution in [0.2, 0.25) is 0 Å². The first kappa shape index (κ1) is 37.3. The van der Waals surface area contributed by atoms with Crippen molar-refractivity contribution in [1.29, 1.82) is 0 Å². The summed E-state index contributed by atoms with van der Waals surface area (Å²) in [7, 11) is 0. The molecule has 0 radical (unpaired) electrons. The van der Waals surface area contributed by atoms with Crippen LogP contribution in [0, 0.1) is 0 Å². The second kappa shape index (κ2) is 19.5. The molecule has 16 nitrogen and oxygen atoms in total. The van der Waals surface area contributed by atoms with Gasteiger partial charge in [-0.1, -0.05) is 12.2 Å². The van der Waals surface area contributed by atoms with Gasteiger partial charge >= 0.3 is 0 Å². The maximum atomic E-state index is 9.39. The van der Waals surface area contributed by atoms with Gasteiger partial charge in [0, 0.05) is 44.6 Å². The number of aliphatic hydroxyl groups is 7. The Morgan fingerprint density at radius 2 is 1.67 bits per heavy atom. The van der Waals surface area contributed by atoms with Gasteiger partial charge in [0.05, 0.1) is 43.7 Å². The minimum Gasteiger partial charge on any atom is -0.394 e. The van der Waals surface area contributed by atoms with Crippen molar-refractivity contribution in [2.24, 2.45) is 22.9 Å². The maximum absolute atomic E-state index is 9.39. The van der Waals surface area contributed by atoms with Gasteiger partial charge in [-0.05, 0) is 25.7 Å². The topological polar surface area (TPSA) is 295 Å². The number of hydrogen-bond acceptors (Lipinski definition) is 16. The molecular weight excluding hydrogens is 558 g/mol. The zero-order valence-electron chi connectivity index (χ0n) is 24.0. The fraction of sp³-hybridized carbons (Fsp3) is 0.923. The quantitative estimate of drug-likeness (QED) is 0.109. The smallest absolute Gasteiger partial charge is 0.172 e. The molecule has 8 unspecified atom stereocenters. The van der Waals surface area contributed by atoms with Gasteiger partial charge in [-0.3, -0.25) is 0 Å². The highest BCUT2D eigenvalue weighted by molar-refractivity contribution is 4.94. The first-order valence-corrected chi connectivity index (χ1v) is 14.6. The molecule has 0 bridgehead atoms. The molecule has 13 atom stereocenters. The molecule has 0 spiro atoms. The molecular formula is C26H53N5O11. The van der Waals surface area contributed by atoms with Crippen LogP contribution >= 0.6 is 0 Å². The van der Waals surface area contributed by atoms with Crippen molar-refractivity contribution in [2.45, 2.75) is 118 Å². The lowest BCUT2D eigenvalue weighted by Crippen LogP contribution is -2.62. The molecule has 3 aliphatic heterocycles. The monoisotopic (exact) mass is 611 g/mol. The molecule has 16 N–H and O–H groups in total. The van der Waals surface area contributed by atoms with Gasteiger partial charge < -0.3 is 82.9 Å². The molecule has 4 rings (SSSR count). The van der Waals surface area contributed by atoms with Crippen molar-refractivity contribution in [1.82, 2.24) is 5.32 Å². The van der Waals surface area contributed by atoms with Crippen molar-refractivity contribution >= 4 is 0 Å². The maximum Gasteiger partial charge on any atom is 0.172 e. The molecule has 0 aromatic carbocycles. The SMILES string of the molecule is NC1CC(NCC(O)CO)CC(OC2CCC(CO)O2)C1.NCC1C=CC[C@@H](O)O1.NC[C@@H]1O[C@H](O)[C@H](N)C(O)[C@@H]1O. The fourth-order valence-electron chi connectivity index (χ4n) is 5.02. The van der Waals surface area contributed by atoms with E-state index in [1.807, 2.05) is 12.2 Å². The van der Waals surface area contributed by atoms with Crippen LogP contribution in [0.4, 0.5) is 0 Å². The van der Waals surface area contributed by atoms with Gasteiger partial charge in [-0.15, -0.1) is 0 Å². The van der Waals surface area contributed by atoms with Gasteiger partial charge in [0.15, 0.2) is 18.9 Å². The molecule has 2 saturated heterocycles. The lowest BCUT2D eigenvalue weighted by molar-refractivity contribution is -0.238. The van der Waals surface area contributed by atoms with Crippen molar-refractivity contribution in [3.63, 3.8) is 0 Å². The number of nitrogens with one attached hydrogen (secondary N) is 1. The molecule has 16 heteroatoms. The first-order chi connectivity index (χ1) is 20.0. The van der Waals surface area contributed by atoms with Gasteiger partial charge in [-0.2, -0.15) is 0 Å². The largest absolute Gasteiger partial charge is 0.394 e. The van der Waals surface area contributed by atoms with E-state index in [2.05, 4.69) is 5.32 Å². The number of ether oxygens (including phenoxy) is 4. The van der Waals surface area contributed by atoms with E-state index in [1.54, 1.807) is 0 Å². The third-order valence-electron chi connectivity index (χ3n) is 7.42.